The van der Waals surface area contributed by atoms with Crippen LogP contribution in [-0.2, 0) is 0 Å². The van der Waals surface area contributed by atoms with Gasteiger partial charge in [0.15, 0.2) is 6.17 Å². The average Bonchev–Trinajstić information content (AvgIpc) is 2.75. The van der Waals surface area contributed by atoms with Gasteiger partial charge in [-0.3, -0.25) is 9.59 Å². The molecule has 0 radical (unpaired) electrons. The lowest BCUT2D eigenvalue weighted by atomic mass is 10.1. The average molecular weight is 395 g/mol. The minimum absolute atomic E-state index is 0.276. The lowest BCUT2D eigenvalue weighted by Gasteiger charge is -2.21. The second-order valence-corrected chi connectivity index (χ2v) is 6.40. The Kier molecular flexibility index (Phi) is 6.29. The molecule has 3 aromatic carbocycles. The molecule has 0 saturated heterocycles. The summed E-state index contributed by atoms with van der Waals surface area (Å²) in [6.07, 6.45) is -0.989. The summed E-state index contributed by atoms with van der Waals surface area (Å²) in [5, 5.41) is 6.23. The van der Waals surface area contributed by atoms with Crippen LogP contribution in [0.25, 0.3) is 0 Å². The monoisotopic (exact) mass is 394 g/mol. The Morgan fingerprint density at radius 2 is 1.50 bits per heavy atom. The molecule has 6 heteroatoms. The second-order valence-electron chi connectivity index (χ2n) is 5.99. The molecule has 0 spiro atoms. The zero-order valence-electron chi connectivity index (χ0n) is 15.2. The standard InChI is InChI=1S/C22H19ClN2O3/c1-28-17-13-11-16(12-14-17)22(27)25-21(20(26)15-7-3-2-4-8-15)24-19-10-6-5-9-18(19)23/h2-14,21,24H,1H3,(H,25,27)/t21-/m1/s1. The Hall–Kier alpha value is -3.31. The molecule has 0 saturated carbocycles. The maximum atomic E-state index is 13.0. The van der Waals surface area contributed by atoms with Crippen molar-refractivity contribution in [1.29, 1.82) is 0 Å². The molecule has 0 aliphatic rings. The Bertz CT molecular complexity index is 959. The topological polar surface area (TPSA) is 67.4 Å². The Balaban J connectivity index is 1.85. The molecular formula is C22H19ClN2O3. The van der Waals surface area contributed by atoms with E-state index in [2.05, 4.69) is 10.6 Å². The lowest BCUT2D eigenvalue weighted by molar-refractivity contribution is 0.0869. The number of nitrogens with one attached hydrogen (secondary N) is 2. The molecule has 0 unspecified atom stereocenters. The number of ether oxygens (including phenoxy) is 1. The van der Waals surface area contributed by atoms with Gasteiger partial charge in [0.1, 0.15) is 5.75 Å². The second kappa shape index (κ2) is 9.06. The maximum Gasteiger partial charge on any atom is 0.253 e. The van der Waals surface area contributed by atoms with Crippen LogP contribution in [0.1, 0.15) is 20.7 Å². The van der Waals surface area contributed by atoms with Gasteiger partial charge in [-0.25, -0.2) is 0 Å². The number of carbonyl (C=O) groups is 2. The van der Waals surface area contributed by atoms with Crippen LogP contribution >= 0.6 is 11.6 Å². The number of amides is 1. The number of methoxy groups -OCH3 is 1. The van der Waals surface area contributed by atoms with Crippen molar-refractivity contribution in [3.05, 3.63) is 95.0 Å². The lowest BCUT2D eigenvalue weighted by Crippen LogP contribution is -2.46. The van der Waals surface area contributed by atoms with Gasteiger partial charge < -0.3 is 15.4 Å². The summed E-state index contributed by atoms with van der Waals surface area (Å²) in [6.45, 7) is 0. The number of Topliss-reactive ketones (excluding diaryl/α,β-unsaturated/α-hetero) is 1. The van der Waals surface area contributed by atoms with Crippen molar-refractivity contribution in [2.45, 2.75) is 6.17 Å². The number of ketones is 1. The highest BCUT2D eigenvalue weighted by Gasteiger charge is 2.23. The van der Waals surface area contributed by atoms with Crippen LogP contribution in [0.5, 0.6) is 5.75 Å². The van der Waals surface area contributed by atoms with Gasteiger partial charge in [-0.1, -0.05) is 54.1 Å². The van der Waals surface area contributed by atoms with Crippen molar-refractivity contribution < 1.29 is 14.3 Å². The number of para-hydroxylation sites is 1. The van der Waals surface area contributed by atoms with E-state index in [1.54, 1.807) is 79.9 Å². The summed E-state index contributed by atoms with van der Waals surface area (Å²) in [6, 6.07) is 22.4. The molecule has 1 amide bonds. The molecule has 0 bridgehead atoms. The molecule has 0 fully saturated rings. The molecule has 0 heterocycles. The van der Waals surface area contributed by atoms with Crippen LogP contribution in [0.15, 0.2) is 78.9 Å². The van der Waals surface area contributed by atoms with Gasteiger partial charge in [0.25, 0.3) is 5.91 Å². The number of halogens is 1. The molecule has 5 nitrogen and oxygen atoms in total. The van der Waals surface area contributed by atoms with E-state index in [4.69, 9.17) is 16.3 Å². The minimum atomic E-state index is -0.989. The van der Waals surface area contributed by atoms with Crippen LogP contribution < -0.4 is 15.4 Å². The van der Waals surface area contributed by atoms with Crippen LogP contribution in [-0.4, -0.2) is 25.0 Å². The van der Waals surface area contributed by atoms with Gasteiger partial charge in [-0.05, 0) is 36.4 Å². The van der Waals surface area contributed by atoms with Crippen molar-refractivity contribution >= 4 is 29.0 Å². The smallest absolute Gasteiger partial charge is 0.253 e. The molecule has 142 valence electrons. The summed E-state index contributed by atoms with van der Waals surface area (Å²) >= 11 is 6.21. The molecular weight excluding hydrogens is 376 g/mol. The molecule has 2 N–H and O–H groups in total. The third-order valence-corrected chi connectivity index (χ3v) is 4.45. The van der Waals surface area contributed by atoms with E-state index in [0.717, 1.165) is 0 Å². The number of benzene rings is 3. The number of rotatable bonds is 7. The fraction of sp³-hybridized carbons (Fsp3) is 0.0909. The Morgan fingerprint density at radius 3 is 2.14 bits per heavy atom. The van der Waals surface area contributed by atoms with Gasteiger partial charge in [0.2, 0.25) is 5.78 Å². The normalized spacial score (nSPS) is 11.4. The van der Waals surface area contributed by atoms with E-state index in [-0.39, 0.29) is 5.78 Å². The fourth-order valence-electron chi connectivity index (χ4n) is 2.63. The minimum Gasteiger partial charge on any atom is -0.497 e. The third-order valence-electron chi connectivity index (χ3n) is 4.12. The van der Waals surface area contributed by atoms with E-state index < -0.39 is 12.1 Å². The van der Waals surface area contributed by atoms with Crippen LogP contribution in [0, 0.1) is 0 Å². The largest absolute Gasteiger partial charge is 0.497 e. The first-order valence-electron chi connectivity index (χ1n) is 8.64. The first kappa shape index (κ1) is 19.5. The molecule has 0 aliphatic carbocycles. The van der Waals surface area contributed by atoms with Crippen LogP contribution in [0.4, 0.5) is 5.69 Å². The Morgan fingerprint density at radius 1 is 0.857 bits per heavy atom. The van der Waals surface area contributed by atoms with E-state index in [9.17, 15) is 9.59 Å². The predicted octanol–water partition coefficient (Wildman–Crippen LogP) is 4.40. The van der Waals surface area contributed by atoms with Gasteiger partial charge in [-0.2, -0.15) is 0 Å². The van der Waals surface area contributed by atoms with E-state index in [1.807, 2.05) is 6.07 Å². The number of anilines is 1. The van der Waals surface area contributed by atoms with Crippen molar-refractivity contribution in [1.82, 2.24) is 5.32 Å². The van der Waals surface area contributed by atoms with Gasteiger partial charge in [0.05, 0.1) is 17.8 Å². The third kappa shape index (κ3) is 4.69. The molecule has 3 rings (SSSR count). The maximum absolute atomic E-state index is 13.0. The Labute approximate surface area is 168 Å². The first-order valence-corrected chi connectivity index (χ1v) is 9.01. The molecule has 28 heavy (non-hydrogen) atoms. The van der Waals surface area contributed by atoms with Gasteiger partial charge in [0, 0.05) is 11.1 Å². The highest BCUT2D eigenvalue weighted by Crippen LogP contribution is 2.22. The highest BCUT2D eigenvalue weighted by atomic mass is 35.5. The summed E-state index contributed by atoms with van der Waals surface area (Å²) in [4.78, 5) is 25.7. The highest BCUT2D eigenvalue weighted by molar-refractivity contribution is 6.33. The summed E-state index contributed by atoms with van der Waals surface area (Å²) < 4.78 is 5.11. The first-order chi connectivity index (χ1) is 13.6. The predicted molar refractivity (Wildman–Crippen MR) is 110 cm³/mol. The summed E-state index contributed by atoms with van der Waals surface area (Å²) in [5.41, 5.74) is 1.43. The van der Waals surface area contributed by atoms with Gasteiger partial charge >= 0.3 is 0 Å². The number of hydrogen-bond acceptors (Lipinski definition) is 4. The molecule has 0 aromatic heterocycles. The zero-order chi connectivity index (χ0) is 19.9. The quantitative estimate of drug-likeness (QED) is 0.460. The van der Waals surface area contributed by atoms with Crippen molar-refractivity contribution in [2.24, 2.45) is 0 Å². The van der Waals surface area contributed by atoms with Crippen LogP contribution in [0.3, 0.4) is 0 Å². The van der Waals surface area contributed by atoms with Crippen LogP contribution in [0.2, 0.25) is 5.02 Å². The van der Waals surface area contributed by atoms with E-state index in [0.29, 0.717) is 27.6 Å². The van der Waals surface area contributed by atoms with Crippen molar-refractivity contribution in [2.75, 3.05) is 12.4 Å². The number of hydrogen-bond donors (Lipinski definition) is 2. The van der Waals surface area contributed by atoms with E-state index in [1.165, 1.54) is 0 Å². The molecule has 1 atom stereocenters. The summed E-state index contributed by atoms with van der Waals surface area (Å²) in [5.74, 6) is -0.0264. The van der Waals surface area contributed by atoms with Gasteiger partial charge in [-0.15, -0.1) is 0 Å². The molecule has 0 aliphatic heterocycles. The van der Waals surface area contributed by atoms with Crippen molar-refractivity contribution in [3.63, 3.8) is 0 Å². The number of carbonyl (C=O) groups excluding carboxylic acids is 2. The summed E-state index contributed by atoms with van der Waals surface area (Å²) in [7, 11) is 1.55. The fourth-order valence-corrected chi connectivity index (χ4v) is 2.82. The molecule has 3 aromatic rings. The van der Waals surface area contributed by atoms with E-state index >= 15 is 0 Å². The SMILES string of the molecule is COc1ccc(C(=O)N[C@@H](Nc2ccccc2Cl)C(=O)c2ccccc2)cc1. The zero-order valence-corrected chi connectivity index (χ0v) is 15.9. The van der Waals surface area contributed by atoms with Crippen molar-refractivity contribution in [3.8, 4) is 5.75 Å².